The molecule has 7 nitrogen and oxygen atoms in total. The van der Waals surface area contributed by atoms with Crippen molar-refractivity contribution in [2.45, 2.75) is 44.7 Å². The van der Waals surface area contributed by atoms with E-state index in [-0.39, 0.29) is 37.3 Å². The lowest BCUT2D eigenvalue weighted by Crippen LogP contribution is -2.46. The van der Waals surface area contributed by atoms with Crippen molar-refractivity contribution in [3.8, 4) is 5.75 Å². The van der Waals surface area contributed by atoms with Gasteiger partial charge in [-0.25, -0.2) is 4.79 Å². The van der Waals surface area contributed by atoms with E-state index in [0.29, 0.717) is 16.8 Å². The Bertz CT molecular complexity index is 843. The number of methoxy groups -OCH3 is 1. The number of nitrogens with one attached hydrogen (secondary N) is 2. The van der Waals surface area contributed by atoms with Crippen molar-refractivity contribution in [2.75, 3.05) is 20.3 Å². The highest BCUT2D eigenvalue weighted by Gasteiger charge is 2.20. The number of H-pyrrole nitrogens is 1. The topological polar surface area (TPSA) is 94.7 Å². The summed E-state index contributed by atoms with van der Waals surface area (Å²) in [6, 6.07) is 7.13. The number of hydrogen-bond donors (Lipinski definition) is 3. The highest BCUT2D eigenvalue weighted by molar-refractivity contribution is 5.81. The molecule has 3 N–H and O–H groups in total. The number of aliphatic hydroxyl groups is 1. The number of rotatable bonds is 6. The molecule has 0 bridgehead atoms. The molecule has 27 heavy (non-hydrogen) atoms. The first-order valence-corrected chi connectivity index (χ1v) is 9.47. The largest absolute Gasteiger partial charge is 0.497 e. The normalized spacial score (nSPS) is 14.9. The second-order valence-corrected chi connectivity index (χ2v) is 7.01. The minimum absolute atomic E-state index is 0.140. The minimum atomic E-state index is -0.235. The molecule has 1 aromatic carbocycles. The van der Waals surface area contributed by atoms with Gasteiger partial charge in [-0.05, 0) is 37.1 Å². The number of aromatic nitrogens is 1. The summed E-state index contributed by atoms with van der Waals surface area (Å²) in [5.74, 6) is 0.697. The van der Waals surface area contributed by atoms with Gasteiger partial charge < -0.3 is 25.0 Å². The Kier molecular flexibility index (Phi) is 6.34. The average Bonchev–Trinajstić information content (AvgIpc) is 2.68. The number of urea groups is 1. The third kappa shape index (κ3) is 4.80. The average molecular weight is 373 g/mol. The maximum atomic E-state index is 12.7. The molecule has 2 amide bonds. The summed E-state index contributed by atoms with van der Waals surface area (Å²) in [6.07, 6.45) is 5.42. The summed E-state index contributed by atoms with van der Waals surface area (Å²) in [6.45, 7) is 0.160. The molecule has 1 saturated carbocycles. The van der Waals surface area contributed by atoms with Crippen molar-refractivity contribution in [1.82, 2.24) is 15.2 Å². The Hall–Kier alpha value is -2.54. The van der Waals surface area contributed by atoms with Crippen LogP contribution < -0.4 is 15.6 Å². The fourth-order valence-electron chi connectivity index (χ4n) is 3.57. The first kappa shape index (κ1) is 19.2. The molecule has 0 atom stereocenters. The summed E-state index contributed by atoms with van der Waals surface area (Å²) in [5, 5.41) is 13.2. The van der Waals surface area contributed by atoms with E-state index in [9.17, 15) is 14.7 Å². The molecule has 0 saturated heterocycles. The summed E-state index contributed by atoms with van der Waals surface area (Å²) in [4.78, 5) is 29.4. The van der Waals surface area contributed by atoms with Crippen molar-refractivity contribution in [1.29, 1.82) is 0 Å². The molecule has 0 aliphatic heterocycles. The van der Waals surface area contributed by atoms with Crippen LogP contribution in [0.25, 0.3) is 10.9 Å². The number of aromatic amines is 1. The first-order chi connectivity index (χ1) is 13.1. The van der Waals surface area contributed by atoms with Gasteiger partial charge in [-0.1, -0.05) is 19.3 Å². The predicted molar refractivity (Wildman–Crippen MR) is 104 cm³/mol. The van der Waals surface area contributed by atoms with E-state index in [0.717, 1.165) is 31.1 Å². The SMILES string of the molecule is COc1ccc2[nH]c(=O)c(CN(CCO)C(=O)NC3CCCCC3)cc2c1. The highest BCUT2D eigenvalue weighted by Crippen LogP contribution is 2.20. The Morgan fingerprint density at radius 1 is 1.30 bits per heavy atom. The van der Waals surface area contributed by atoms with Crippen LogP contribution in [-0.4, -0.2) is 47.3 Å². The fraction of sp³-hybridized carbons (Fsp3) is 0.500. The van der Waals surface area contributed by atoms with Gasteiger partial charge in [-0.15, -0.1) is 0 Å². The second-order valence-electron chi connectivity index (χ2n) is 7.01. The third-order valence-corrected chi connectivity index (χ3v) is 5.08. The Labute approximate surface area is 158 Å². The third-order valence-electron chi connectivity index (χ3n) is 5.08. The molecule has 2 aromatic rings. The van der Waals surface area contributed by atoms with Crippen LogP contribution in [0.2, 0.25) is 0 Å². The van der Waals surface area contributed by atoms with Crippen LogP contribution in [0.15, 0.2) is 29.1 Å². The number of carbonyl (C=O) groups excluding carboxylic acids is 1. The van der Waals surface area contributed by atoms with Crippen molar-refractivity contribution >= 4 is 16.9 Å². The Morgan fingerprint density at radius 3 is 2.78 bits per heavy atom. The lowest BCUT2D eigenvalue weighted by molar-refractivity contribution is 0.168. The van der Waals surface area contributed by atoms with E-state index in [4.69, 9.17) is 4.74 Å². The lowest BCUT2D eigenvalue weighted by Gasteiger charge is -2.28. The van der Waals surface area contributed by atoms with Gasteiger partial charge in [0.15, 0.2) is 0 Å². The molecule has 1 heterocycles. The molecule has 0 spiro atoms. The number of ether oxygens (including phenoxy) is 1. The molecule has 1 aliphatic rings. The smallest absolute Gasteiger partial charge is 0.317 e. The Balaban J connectivity index is 1.79. The van der Waals surface area contributed by atoms with Crippen LogP contribution in [-0.2, 0) is 6.54 Å². The number of carbonyl (C=O) groups is 1. The molecule has 1 aliphatic carbocycles. The molecular formula is C20H27N3O4. The maximum absolute atomic E-state index is 12.7. The minimum Gasteiger partial charge on any atom is -0.497 e. The van der Waals surface area contributed by atoms with Crippen LogP contribution in [0.5, 0.6) is 5.75 Å². The van der Waals surface area contributed by atoms with Gasteiger partial charge in [0.05, 0.1) is 20.3 Å². The zero-order valence-electron chi connectivity index (χ0n) is 15.7. The van der Waals surface area contributed by atoms with Crippen LogP contribution in [0.4, 0.5) is 4.79 Å². The van der Waals surface area contributed by atoms with Crippen molar-refractivity contribution in [3.63, 3.8) is 0 Å². The predicted octanol–water partition coefficient (Wildman–Crippen LogP) is 2.37. The summed E-state index contributed by atoms with van der Waals surface area (Å²) < 4.78 is 5.24. The van der Waals surface area contributed by atoms with Crippen LogP contribution >= 0.6 is 0 Å². The van der Waals surface area contributed by atoms with Crippen molar-refractivity contribution < 1.29 is 14.6 Å². The van der Waals surface area contributed by atoms with E-state index in [1.165, 1.54) is 11.3 Å². The van der Waals surface area contributed by atoms with Gasteiger partial charge >= 0.3 is 6.03 Å². The number of aliphatic hydroxyl groups excluding tert-OH is 1. The number of hydrogen-bond acceptors (Lipinski definition) is 4. The van der Waals surface area contributed by atoms with Gasteiger partial charge in [-0.2, -0.15) is 0 Å². The van der Waals surface area contributed by atoms with Gasteiger partial charge in [0.1, 0.15) is 5.75 Å². The zero-order chi connectivity index (χ0) is 19.2. The molecule has 146 valence electrons. The zero-order valence-corrected chi connectivity index (χ0v) is 15.7. The number of fused-ring (bicyclic) bond motifs is 1. The number of amides is 2. The number of benzene rings is 1. The highest BCUT2D eigenvalue weighted by atomic mass is 16.5. The van der Waals surface area contributed by atoms with E-state index in [2.05, 4.69) is 10.3 Å². The van der Waals surface area contributed by atoms with Crippen LogP contribution in [0.1, 0.15) is 37.7 Å². The van der Waals surface area contributed by atoms with Gasteiger partial charge in [0.2, 0.25) is 0 Å². The van der Waals surface area contributed by atoms with Gasteiger partial charge in [0, 0.05) is 29.1 Å². The van der Waals surface area contributed by atoms with Crippen molar-refractivity contribution in [2.24, 2.45) is 0 Å². The molecule has 0 unspecified atom stereocenters. The molecule has 7 heteroatoms. The molecular weight excluding hydrogens is 346 g/mol. The first-order valence-electron chi connectivity index (χ1n) is 9.47. The molecule has 1 fully saturated rings. The van der Waals surface area contributed by atoms with E-state index < -0.39 is 0 Å². The number of nitrogens with zero attached hydrogens (tertiary/aromatic N) is 1. The van der Waals surface area contributed by atoms with Crippen LogP contribution in [0.3, 0.4) is 0 Å². The van der Waals surface area contributed by atoms with E-state index in [1.807, 2.05) is 6.07 Å². The van der Waals surface area contributed by atoms with Crippen molar-refractivity contribution in [3.05, 3.63) is 40.2 Å². The van der Waals surface area contributed by atoms with E-state index >= 15 is 0 Å². The molecule has 1 aromatic heterocycles. The summed E-state index contributed by atoms with van der Waals surface area (Å²) in [7, 11) is 1.59. The standard InChI is InChI=1S/C20H27N3O4/c1-27-17-7-8-18-14(12-17)11-15(19(25)22-18)13-23(9-10-24)20(26)21-16-5-3-2-4-6-16/h7-8,11-12,16,24H,2-6,9-10,13H2,1H3,(H,21,26)(H,22,25). The fourth-order valence-corrected chi connectivity index (χ4v) is 3.57. The summed E-state index contributed by atoms with van der Waals surface area (Å²) >= 11 is 0. The number of pyridine rings is 1. The Morgan fingerprint density at radius 2 is 2.07 bits per heavy atom. The van der Waals surface area contributed by atoms with Gasteiger partial charge in [0.25, 0.3) is 5.56 Å². The molecule has 3 rings (SSSR count). The monoisotopic (exact) mass is 373 g/mol. The molecule has 0 radical (unpaired) electrons. The van der Waals surface area contributed by atoms with E-state index in [1.54, 1.807) is 25.3 Å². The van der Waals surface area contributed by atoms with Crippen LogP contribution in [0, 0.1) is 0 Å². The lowest BCUT2D eigenvalue weighted by atomic mass is 9.96. The summed E-state index contributed by atoms with van der Waals surface area (Å²) in [5.41, 5.74) is 0.953. The quantitative estimate of drug-likeness (QED) is 0.724. The maximum Gasteiger partial charge on any atom is 0.317 e. The second kappa shape index (κ2) is 8.90. The van der Waals surface area contributed by atoms with Gasteiger partial charge in [-0.3, -0.25) is 4.79 Å².